The SMILES string of the molecule is CCCC(=Cc1cc(OC)c2c(c1)OCCO2)C(=O)c1ccc(OC)c(N)c1. The number of hydrogen-bond donors (Lipinski definition) is 1. The van der Waals surface area contributed by atoms with Crippen LogP contribution in [-0.2, 0) is 0 Å². The summed E-state index contributed by atoms with van der Waals surface area (Å²) in [5.41, 5.74) is 8.44. The van der Waals surface area contributed by atoms with Crippen LogP contribution in [-0.4, -0.2) is 33.2 Å². The van der Waals surface area contributed by atoms with Gasteiger partial charge >= 0.3 is 0 Å². The van der Waals surface area contributed by atoms with Crippen LogP contribution in [0.1, 0.15) is 35.7 Å². The van der Waals surface area contributed by atoms with Crippen LogP contribution in [0.15, 0.2) is 35.9 Å². The highest BCUT2D eigenvalue weighted by Gasteiger charge is 2.19. The van der Waals surface area contributed by atoms with Crippen molar-refractivity contribution in [3.8, 4) is 23.0 Å². The van der Waals surface area contributed by atoms with Crippen molar-refractivity contribution in [2.24, 2.45) is 0 Å². The highest BCUT2D eigenvalue weighted by molar-refractivity contribution is 6.11. The third-order valence-corrected chi connectivity index (χ3v) is 4.49. The first-order valence-electron chi connectivity index (χ1n) is 9.23. The summed E-state index contributed by atoms with van der Waals surface area (Å²) in [7, 11) is 3.13. The largest absolute Gasteiger partial charge is 0.495 e. The number of anilines is 1. The number of allylic oxidation sites excluding steroid dienone is 1. The summed E-state index contributed by atoms with van der Waals surface area (Å²) in [4.78, 5) is 13.1. The highest BCUT2D eigenvalue weighted by Crippen LogP contribution is 2.41. The van der Waals surface area contributed by atoms with Crippen LogP contribution in [0.3, 0.4) is 0 Å². The summed E-state index contributed by atoms with van der Waals surface area (Å²) in [5.74, 6) is 2.28. The molecule has 0 saturated carbocycles. The molecule has 0 saturated heterocycles. The number of carbonyl (C=O) groups is 1. The molecule has 0 aliphatic carbocycles. The lowest BCUT2D eigenvalue weighted by atomic mass is 9.96. The van der Waals surface area contributed by atoms with Crippen LogP contribution in [0.4, 0.5) is 5.69 Å². The van der Waals surface area contributed by atoms with E-state index in [1.165, 1.54) is 0 Å². The van der Waals surface area contributed by atoms with Crippen molar-refractivity contribution < 1.29 is 23.7 Å². The van der Waals surface area contributed by atoms with Gasteiger partial charge in [0.05, 0.1) is 19.9 Å². The van der Waals surface area contributed by atoms with Crippen molar-refractivity contribution in [3.05, 3.63) is 47.0 Å². The maximum atomic E-state index is 13.1. The molecule has 148 valence electrons. The van der Waals surface area contributed by atoms with Gasteiger partial charge in [-0.25, -0.2) is 0 Å². The van der Waals surface area contributed by atoms with Crippen LogP contribution in [0, 0.1) is 0 Å². The van der Waals surface area contributed by atoms with E-state index in [4.69, 9.17) is 24.7 Å². The van der Waals surface area contributed by atoms with Gasteiger partial charge in [0, 0.05) is 11.1 Å². The minimum absolute atomic E-state index is 0.0648. The van der Waals surface area contributed by atoms with E-state index in [9.17, 15) is 4.79 Å². The van der Waals surface area contributed by atoms with Crippen LogP contribution in [0.25, 0.3) is 6.08 Å². The van der Waals surface area contributed by atoms with Gasteiger partial charge in [0.25, 0.3) is 0 Å². The Morgan fingerprint density at radius 2 is 1.86 bits per heavy atom. The molecule has 6 nitrogen and oxygen atoms in total. The molecule has 2 aromatic rings. The molecule has 0 unspecified atom stereocenters. The molecule has 0 spiro atoms. The second kappa shape index (κ2) is 8.69. The molecule has 0 amide bonds. The molecule has 28 heavy (non-hydrogen) atoms. The first kappa shape index (κ1) is 19.6. The van der Waals surface area contributed by atoms with E-state index >= 15 is 0 Å². The zero-order chi connectivity index (χ0) is 20.1. The maximum Gasteiger partial charge on any atom is 0.203 e. The second-order valence-electron chi connectivity index (χ2n) is 6.45. The van der Waals surface area contributed by atoms with Gasteiger partial charge in [-0.2, -0.15) is 0 Å². The van der Waals surface area contributed by atoms with Gasteiger partial charge in [0.2, 0.25) is 5.75 Å². The second-order valence-corrected chi connectivity index (χ2v) is 6.45. The van der Waals surface area contributed by atoms with E-state index in [1.54, 1.807) is 32.4 Å². The molecule has 2 aromatic carbocycles. The van der Waals surface area contributed by atoms with Crippen molar-refractivity contribution >= 4 is 17.5 Å². The van der Waals surface area contributed by atoms with E-state index in [1.807, 2.05) is 25.1 Å². The number of ether oxygens (including phenoxy) is 4. The number of carbonyl (C=O) groups excluding carboxylic acids is 1. The lowest BCUT2D eigenvalue weighted by Gasteiger charge is -2.21. The minimum Gasteiger partial charge on any atom is -0.495 e. The van der Waals surface area contributed by atoms with Crippen LogP contribution in [0.2, 0.25) is 0 Å². The first-order valence-corrected chi connectivity index (χ1v) is 9.23. The average Bonchev–Trinajstić information content (AvgIpc) is 2.72. The van der Waals surface area contributed by atoms with Crippen molar-refractivity contribution in [2.75, 3.05) is 33.2 Å². The molecule has 1 aliphatic rings. The summed E-state index contributed by atoms with van der Waals surface area (Å²) in [6, 6.07) is 8.79. The fourth-order valence-corrected chi connectivity index (χ4v) is 3.16. The number of methoxy groups -OCH3 is 2. The fraction of sp³-hybridized carbons (Fsp3) is 0.318. The van der Waals surface area contributed by atoms with Crippen molar-refractivity contribution in [2.45, 2.75) is 19.8 Å². The number of nitrogens with two attached hydrogens (primary N) is 1. The van der Waals surface area contributed by atoms with E-state index in [0.717, 1.165) is 12.0 Å². The quantitative estimate of drug-likeness (QED) is 0.440. The molecule has 2 N–H and O–H groups in total. The summed E-state index contributed by atoms with van der Waals surface area (Å²) >= 11 is 0. The van der Waals surface area contributed by atoms with Crippen molar-refractivity contribution in [3.63, 3.8) is 0 Å². The Kier molecular flexibility index (Phi) is 6.09. The Hall–Kier alpha value is -3.15. The molecule has 1 heterocycles. The molecule has 6 heteroatoms. The molecule has 0 radical (unpaired) electrons. The third-order valence-electron chi connectivity index (χ3n) is 4.49. The van der Waals surface area contributed by atoms with Crippen LogP contribution in [0.5, 0.6) is 23.0 Å². The third kappa shape index (κ3) is 4.06. The summed E-state index contributed by atoms with van der Waals surface area (Å²) < 4.78 is 21.9. The molecule has 0 aromatic heterocycles. The zero-order valence-electron chi connectivity index (χ0n) is 16.4. The summed E-state index contributed by atoms with van der Waals surface area (Å²) in [6.45, 7) is 3.00. The van der Waals surface area contributed by atoms with Gasteiger partial charge in [0.1, 0.15) is 19.0 Å². The van der Waals surface area contributed by atoms with E-state index in [0.29, 0.717) is 59.5 Å². The lowest BCUT2D eigenvalue weighted by molar-refractivity contribution is 0.103. The smallest absolute Gasteiger partial charge is 0.203 e. The summed E-state index contributed by atoms with van der Waals surface area (Å²) in [5, 5.41) is 0. The molecular weight excluding hydrogens is 358 g/mol. The number of nitrogen functional groups attached to an aromatic ring is 1. The molecule has 3 rings (SSSR count). The van der Waals surface area contributed by atoms with Crippen LogP contribution >= 0.6 is 0 Å². The zero-order valence-corrected chi connectivity index (χ0v) is 16.4. The molecule has 0 fully saturated rings. The number of hydrogen-bond acceptors (Lipinski definition) is 6. The topological polar surface area (TPSA) is 80.0 Å². The number of fused-ring (bicyclic) bond motifs is 1. The maximum absolute atomic E-state index is 13.1. The highest BCUT2D eigenvalue weighted by atomic mass is 16.6. The number of rotatable bonds is 7. The van der Waals surface area contributed by atoms with Crippen LogP contribution < -0.4 is 24.7 Å². The first-order chi connectivity index (χ1) is 13.6. The van der Waals surface area contributed by atoms with Crippen molar-refractivity contribution in [1.29, 1.82) is 0 Å². The van der Waals surface area contributed by atoms with E-state index < -0.39 is 0 Å². The molecular formula is C22H25NO5. The van der Waals surface area contributed by atoms with Gasteiger partial charge in [-0.1, -0.05) is 13.3 Å². The number of benzene rings is 2. The predicted octanol–water partition coefficient (Wildman–Crippen LogP) is 4.12. The Balaban J connectivity index is 1.98. The molecule has 1 aliphatic heterocycles. The standard InChI is InChI=1S/C22H25NO5/c1-4-5-15(21(24)16-6-7-18(25-2)17(23)13-16)10-14-11-19(26-3)22-20(12-14)27-8-9-28-22/h6-7,10-13H,4-5,8-9,23H2,1-3H3. The molecule has 0 atom stereocenters. The Morgan fingerprint density at radius 3 is 2.54 bits per heavy atom. The van der Waals surface area contributed by atoms with Gasteiger partial charge < -0.3 is 24.7 Å². The predicted molar refractivity (Wildman–Crippen MR) is 109 cm³/mol. The Morgan fingerprint density at radius 1 is 1.11 bits per heavy atom. The normalized spacial score (nSPS) is 13.2. The molecule has 0 bridgehead atoms. The Bertz CT molecular complexity index is 887. The van der Waals surface area contributed by atoms with E-state index in [2.05, 4.69) is 0 Å². The monoisotopic (exact) mass is 383 g/mol. The number of Topliss-reactive ketones (excluding diaryl/α,β-unsaturated/α-hetero) is 1. The van der Waals surface area contributed by atoms with Gasteiger partial charge in [-0.05, 0) is 48.4 Å². The average molecular weight is 383 g/mol. The van der Waals surface area contributed by atoms with Gasteiger partial charge in [-0.15, -0.1) is 0 Å². The number of ketones is 1. The minimum atomic E-state index is -0.0648. The van der Waals surface area contributed by atoms with Crippen molar-refractivity contribution in [1.82, 2.24) is 0 Å². The lowest BCUT2D eigenvalue weighted by Crippen LogP contribution is -2.16. The van der Waals surface area contributed by atoms with Gasteiger partial charge in [-0.3, -0.25) is 4.79 Å². The van der Waals surface area contributed by atoms with Gasteiger partial charge in [0.15, 0.2) is 17.3 Å². The summed E-state index contributed by atoms with van der Waals surface area (Å²) in [6.07, 6.45) is 3.35. The fourth-order valence-electron chi connectivity index (χ4n) is 3.16. The van der Waals surface area contributed by atoms with E-state index in [-0.39, 0.29) is 5.78 Å². The Labute approximate surface area is 164 Å².